The fourth-order valence-electron chi connectivity index (χ4n) is 0.888. The molecule has 5 heteroatoms. The monoisotopic (exact) mass is 262 g/mol. The minimum Gasteiger partial charge on any atom is -0.216 e. The van der Waals surface area contributed by atoms with Gasteiger partial charge in [0.2, 0.25) is 0 Å². The van der Waals surface area contributed by atoms with Crippen molar-refractivity contribution in [2.75, 3.05) is 12.0 Å². The molecule has 0 spiro atoms. The largest absolute Gasteiger partial charge is 0.216 e. The summed E-state index contributed by atoms with van der Waals surface area (Å²) >= 11 is 9.17. The van der Waals surface area contributed by atoms with Crippen LogP contribution in [0.4, 0.5) is 0 Å². The molecule has 0 amide bonds. The van der Waals surface area contributed by atoms with E-state index >= 15 is 0 Å². The Balaban J connectivity index is 2.64. The van der Waals surface area contributed by atoms with Crippen LogP contribution in [0.15, 0.2) is 16.2 Å². The van der Waals surface area contributed by atoms with Crippen molar-refractivity contribution >= 4 is 35.1 Å². The quantitative estimate of drug-likeness (QED) is 0.455. The molecule has 0 fully saturated rings. The van der Waals surface area contributed by atoms with E-state index in [0.717, 1.165) is 15.9 Å². The maximum Gasteiger partial charge on any atom is 0.189 e. The third-order valence-electron chi connectivity index (χ3n) is 2.05. The molecule has 0 saturated heterocycles. The first kappa shape index (κ1) is 13.1. The smallest absolute Gasteiger partial charge is 0.189 e. The summed E-state index contributed by atoms with van der Waals surface area (Å²) in [6, 6.07) is 1.83. The average Bonchev–Trinajstić information content (AvgIpc) is 2.25. The molecule has 0 bridgehead atoms. The zero-order chi connectivity index (χ0) is 11.3. The molecule has 0 aliphatic heterocycles. The highest BCUT2D eigenvalue weighted by molar-refractivity contribution is 7.99. The first-order valence-electron chi connectivity index (χ1n) is 4.87. The standard InChI is InChI=1S/C10H15ClN2S2/c1-4-7(2)6-15-9-5-8(11)12-10(13-9)14-3/h5,7H,4,6H2,1-3H3. The Morgan fingerprint density at radius 1 is 1.47 bits per heavy atom. The van der Waals surface area contributed by atoms with Crippen molar-refractivity contribution in [2.24, 2.45) is 5.92 Å². The zero-order valence-corrected chi connectivity index (χ0v) is 11.5. The number of hydrogen-bond donors (Lipinski definition) is 0. The lowest BCUT2D eigenvalue weighted by Gasteiger charge is -2.07. The third kappa shape index (κ3) is 4.62. The summed E-state index contributed by atoms with van der Waals surface area (Å²) in [6.45, 7) is 4.44. The summed E-state index contributed by atoms with van der Waals surface area (Å²) in [6.07, 6.45) is 3.15. The Hall–Kier alpha value is 0.0700. The number of hydrogen-bond acceptors (Lipinski definition) is 4. The number of thioether (sulfide) groups is 2. The van der Waals surface area contributed by atoms with Gasteiger partial charge >= 0.3 is 0 Å². The van der Waals surface area contributed by atoms with Crippen LogP contribution in [0.5, 0.6) is 0 Å². The van der Waals surface area contributed by atoms with Crippen LogP contribution in [0.2, 0.25) is 5.15 Å². The minimum atomic E-state index is 0.529. The van der Waals surface area contributed by atoms with Crippen LogP contribution in [0, 0.1) is 5.92 Å². The SMILES string of the molecule is CCC(C)CSc1cc(Cl)nc(SC)n1. The number of aromatic nitrogens is 2. The predicted octanol–water partition coefficient (Wildman–Crippen LogP) is 3.99. The van der Waals surface area contributed by atoms with Crippen LogP contribution in [0.1, 0.15) is 20.3 Å². The van der Waals surface area contributed by atoms with E-state index in [-0.39, 0.29) is 0 Å². The van der Waals surface area contributed by atoms with E-state index in [9.17, 15) is 0 Å². The van der Waals surface area contributed by atoms with Gasteiger partial charge in [0.25, 0.3) is 0 Å². The van der Waals surface area contributed by atoms with E-state index in [4.69, 9.17) is 11.6 Å². The number of nitrogens with zero attached hydrogens (tertiary/aromatic N) is 2. The Kier molecular flexibility index (Phi) is 5.79. The zero-order valence-electron chi connectivity index (χ0n) is 9.16. The molecule has 0 aliphatic carbocycles. The molecule has 0 aromatic carbocycles. The highest BCUT2D eigenvalue weighted by Crippen LogP contribution is 2.24. The number of halogens is 1. The van der Waals surface area contributed by atoms with Crippen molar-refractivity contribution < 1.29 is 0 Å². The van der Waals surface area contributed by atoms with Gasteiger partial charge in [0.15, 0.2) is 5.16 Å². The molecule has 0 radical (unpaired) electrons. The van der Waals surface area contributed by atoms with Crippen LogP contribution >= 0.6 is 35.1 Å². The second-order valence-corrected chi connectivity index (χ2v) is 5.54. The van der Waals surface area contributed by atoms with E-state index in [1.54, 1.807) is 11.8 Å². The van der Waals surface area contributed by atoms with Gasteiger partial charge in [-0.15, -0.1) is 11.8 Å². The van der Waals surface area contributed by atoms with Crippen molar-refractivity contribution in [2.45, 2.75) is 30.5 Å². The molecular weight excluding hydrogens is 248 g/mol. The van der Waals surface area contributed by atoms with E-state index < -0.39 is 0 Å². The van der Waals surface area contributed by atoms with Gasteiger partial charge in [-0.1, -0.05) is 43.6 Å². The van der Waals surface area contributed by atoms with Crippen molar-refractivity contribution in [1.29, 1.82) is 0 Å². The molecule has 0 N–H and O–H groups in total. The summed E-state index contributed by atoms with van der Waals surface area (Å²) < 4.78 is 0. The Bertz CT molecular complexity index is 320. The Morgan fingerprint density at radius 2 is 2.20 bits per heavy atom. The van der Waals surface area contributed by atoms with Gasteiger partial charge in [-0.25, -0.2) is 9.97 Å². The Labute approximate surface area is 105 Å². The van der Waals surface area contributed by atoms with Crippen molar-refractivity contribution in [3.05, 3.63) is 11.2 Å². The minimum absolute atomic E-state index is 0.529. The maximum atomic E-state index is 5.90. The predicted molar refractivity (Wildman–Crippen MR) is 69.0 cm³/mol. The van der Waals surface area contributed by atoms with Crippen LogP contribution in [0.25, 0.3) is 0 Å². The lowest BCUT2D eigenvalue weighted by Crippen LogP contribution is -1.97. The molecule has 1 aromatic heterocycles. The molecule has 1 rings (SSSR count). The van der Waals surface area contributed by atoms with Gasteiger partial charge in [-0.2, -0.15) is 0 Å². The van der Waals surface area contributed by atoms with Crippen LogP contribution in [0.3, 0.4) is 0 Å². The average molecular weight is 263 g/mol. The number of rotatable bonds is 5. The summed E-state index contributed by atoms with van der Waals surface area (Å²) in [5.41, 5.74) is 0. The van der Waals surface area contributed by atoms with Gasteiger partial charge in [-0.05, 0) is 12.2 Å². The highest BCUT2D eigenvalue weighted by atomic mass is 35.5. The first-order valence-corrected chi connectivity index (χ1v) is 7.46. The van der Waals surface area contributed by atoms with Gasteiger partial charge < -0.3 is 0 Å². The van der Waals surface area contributed by atoms with Crippen molar-refractivity contribution in [1.82, 2.24) is 9.97 Å². The first-order chi connectivity index (χ1) is 7.15. The second-order valence-electron chi connectivity index (χ2n) is 3.34. The highest BCUT2D eigenvalue weighted by Gasteiger charge is 2.05. The van der Waals surface area contributed by atoms with E-state index in [1.807, 2.05) is 12.3 Å². The second kappa shape index (κ2) is 6.61. The summed E-state index contributed by atoms with van der Waals surface area (Å²) in [4.78, 5) is 8.49. The molecule has 2 nitrogen and oxygen atoms in total. The van der Waals surface area contributed by atoms with Crippen LogP contribution in [-0.4, -0.2) is 22.0 Å². The molecule has 0 saturated carbocycles. The van der Waals surface area contributed by atoms with Gasteiger partial charge in [0.05, 0.1) is 0 Å². The van der Waals surface area contributed by atoms with Crippen molar-refractivity contribution in [3.8, 4) is 0 Å². The normalized spacial score (nSPS) is 12.8. The fourth-order valence-corrected chi connectivity index (χ4v) is 2.66. The molecule has 1 heterocycles. The third-order valence-corrected chi connectivity index (χ3v) is 4.03. The van der Waals surface area contributed by atoms with E-state index in [2.05, 4.69) is 23.8 Å². The maximum absolute atomic E-state index is 5.90. The van der Waals surface area contributed by atoms with Gasteiger partial charge in [0.1, 0.15) is 10.2 Å². The fraction of sp³-hybridized carbons (Fsp3) is 0.600. The van der Waals surface area contributed by atoms with Crippen LogP contribution in [-0.2, 0) is 0 Å². The molecule has 1 aromatic rings. The molecular formula is C10H15ClN2S2. The van der Waals surface area contributed by atoms with Crippen molar-refractivity contribution in [3.63, 3.8) is 0 Å². The van der Waals surface area contributed by atoms with Crippen LogP contribution < -0.4 is 0 Å². The molecule has 84 valence electrons. The van der Waals surface area contributed by atoms with Gasteiger partial charge in [0, 0.05) is 11.8 Å². The summed E-state index contributed by atoms with van der Waals surface area (Å²) in [5.74, 6) is 1.79. The van der Waals surface area contributed by atoms with Gasteiger partial charge in [-0.3, -0.25) is 0 Å². The molecule has 1 unspecified atom stereocenters. The lowest BCUT2D eigenvalue weighted by atomic mass is 10.2. The molecule has 15 heavy (non-hydrogen) atoms. The van der Waals surface area contributed by atoms with E-state index in [1.165, 1.54) is 18.2 Å². The molecule has 1 atom stereocenters. The molecule has 0 aliphatic rings. The van der Waals surface area contributed by atoms with E-state index in [0.29, 0.717) is 11.1 Å². The summed E-state index contributed by atoms with van der Waals surface area (Å²) in [7, 11) is 0. The topological polar surface area (TPSA) is 25.8 Å². The Morgan fingerprint density at radius 3 is 2.80 bits per heavy atom. The summed E-state index contributed by atoms with van der Waals surface area (Å²) in [5, 5.41) is 2.25. The lowest BCUT2D eigenvalue weighted by molar-refractivity contribution is 0.636.